The Labute approximate surface area is 107 Å². The Morgan fingerprint density at radius 1 is 1.39 bits per heavy atom. The lowest BCUT2D eigenvalue weighted by Gasteiger charge is -2.29. The van der Waals surface area contributed by atoms with E-state index in [9.17, 15) is 12.8 Å². The number of hydrogen-bond acceptors (Lipinski definition) is 3. The lowest BCUT2D eigenvalue weighted by Crippen LogP contribution is -2.33. The molecule has 1 fully saturated rings. The van der Waals surface area contributed by atoms with Crippen LogP contribution in [0.3, 0.4) is 0 Å². The van der Waals surface area contributed by atoms with Crippen molar-refractivity contribution in [1.29, 1.82) is 0 Å². The molecule has 2 rings (SSSR count). The Bertz CT molecular complexity index is 515. The molecule has 5 heteroatoms. The van der Waals surface area contributed by atoms with Crippen molar-refractivity contribution in [2.45, 2.75) is 18.8 Å². The second kappa shape index (κ2) is 5.36. The zero-order valence-electron chi connectivity index (χ0n) is 10.2. The predicted octanol–water partition coefficient (Wildman–Crippen LogP) is 1.69. The second-order valence-corrected chi connectivity index (χ2v) is 7.11. The summed E-state index contributed by atoms with van der Waals surface area (Å²) in [7, 11) is -2.99. The summed E-state index contributed by atoms with van der Waals surface area (Å²) in [5, 5.41) is 0. The fraction of sp³-hybridized carbons (Fsp3) is 0.538. The van der Waals surface area contributed by atoms with Crippen LogP contribution in [0.2, 0.25) is 0 Å². The first kappa shape index (κ1) is 13.5. The van der Waals surface area contributed by atoms with Gasteiger partial charge in [-0.1, -0.05) is 18.2 Å². The van der Waals surface area contributed by atoms with Crippen molar-refractivity contribution in [3.05, 3.63) is 35.6 Å². The molecule has 0 spiro atoms. The molecular formula is C13H18FNO2S. The van der Waals surface area contributed by atoms with Gasteiger partial charge in [-0.05, 0) is 36.9 Å². The normalized spacial score (nSPS) is 24.7. The summed E-state index contributed by atoms with van der Waals surface area (Å²) < 4.78 is 37.1. The van der Waals surface area contributed by atoms with E-state index in [1.807, 2.05) is 0 Å². The fourth-order valence-corrected chi connectivity index (χ4v) is 4.55. The standard InChI is InChI=1S/C13H18FNO2S/c14-13-6-2-1-5-11(13)12(8-15)10-4-3-7-18(16,17)9-10/h1-2,5-6,10,12H,3-4,7-9,15H2. The third-order valence-corrected chi connectivity index (χ3v) is 5.47. The summed E-state index contributed by atoms with van der Waals surface area (Å²) in [6.07, 6.45) is 1.45. The molecule has 18 heavy (non-hydrogen) atoms. The van der Waals surface area contributed by atoms with Crippen LogP contribution in [0.4, 0.5) is 4.39 Å². The van der Waals surface area contributed by atoms with Crippen LogP contribution in [0.15, 0.2) is 24.3 Å². The number of sulfone groups is 1. The van der Waals surface area contributed by atoms with Crippen LogP contribution >= 0.6 is 0 Å². The van der Waals surface area contributed by atoms with Gasteiger partial charge in [0.05, 0.1) is 11.5 Å². The first-order valence-corrected chi connectivity index (χ1v) is 8.00. The molecule has 2 N–H and O–H groups in total. The highest BCUT2D eigenvalue weighted by Crippen LogP contribution is 2.33. The Hall–Kier alpha value is -0.940. The van der Waals surface area contributed by atoms with Crippen molar-refractivity contribution in [3.63, 3.8) is 0 Å². The van der Waals surface area contributed by atoms with Crippen molar-refractivity contribution in [2.75, 3.05) is 18.1 Å². The van der Waals surface area contributed by atoms with E-state index in [-0.39, 0.29) is 35.7 Å². The van der Waals surface area contributed by atoms with E-state index in [0.29, 0.717) is 12.0 Å². The summed E-state index contributed by atoms with van der Waals surface area (Å²) >= 11 is 0. The maximum atomic E-state index is 13.8. The van der Waals surface area contributed by atoms with E-state index < -0.39 is 9.84 Å². The summed E-state index contributed by atoms with van der Waals surface area (Å²) in [4.78, 5) is 0. The average Bonchev–Trinajstić information content (AvgIpc) is 2.31. The van der Waals surface area contributed by atoms with Gasteiger partial charge in [0.15, 0.2) is 9.84 Å². The van der Waals surface area contributed by atoms with Crippen molar-refractivity contribution in [3.8, 4) is 0 Å². The zero-order chi connectivity index (χ0) is 13.2. The van der Waals surface area contributed by atoms with Crippen LogP contribution in [0.1, 0.15) is 24.3 Å². The molecule has 2 unspecified atom stereocenters. The number of nitrogens with two attached hydrogens (primary N) is 1. The smallest absolute Gasteiger partial charge is 0.150 e. The van der Waals surface area contributed by atoms with Gasteiger partial charge >= 0.3 is 0 Å². The van der Waals surface area contributed by atoms with Crippen LogP contribution in [0, 0.1) is 11.7 Å². The first-order valence-electron chi connectivity index (χ1n) is 6.18. The van der Waals surface area contributed by atoms with E-state index in [0.717, 1.165) is 6.42 Å². The van der Waals surface area contributed by atoms with Crippen LogP contribution in [-0.4, -0.2) is 26.5 Å². The van der Waals surface area contributed by atoms with Crippen molar-refractivity contribution < 1.29 is 12.8 Å². The number of rotatable bonds is 3. The maximum absolute atomic E-state index is 13.8. The van der Waals surface area contributed by atoms with Crippen LogP contribution in [0.25, 0.3) is 0 Å². The zero-order valence-corrected chi connectivity index (χ0v) is 11.0. The number of benzene rings is 1. The van der Waals surface area contributed by atoms with Crippen molar-refractivity contribution in [2.24, 2.45) is 11.7 Å². The van der Waals surface area contributed by atoms with E-state index in [1.165, 1.54) is 6.07 Å². The molecule has 1 aromatic rings. The van der Waals surface area contributed by atoms with Gasteiger partial charge in [-0.15, -0.1) is 0 Å². The molecule has 2 atom stereocenters. The largest absolute Gasteiger partial charge is 0.330 e. The number of hydrogen-bond donors (Lipinski definition) is 1. The molecule has 0 amide bonds. The summed E-state index contributed by atoms with van der Waals surface area (Å²) in [5.74, 6) is -0.191. The molecule has 0 bridgehead atoms. The molecular weight excluding hydrogens is 253 g/mol. The third-order valence-electron chi connectivity index (χ3n) is 3.63. The van der Waals surface area contributed by atoms with Gasteiger partial charge in [0.2, 0.25) is 0 Å². The molecule has 0 aliphatic carbocycles. The molecule has 1 aliphatic heterocycles. The first-order chi connectivity index (χ1) is 8.53. The molecule has 0 radical (unpaired) electrons. The lowest BCUT2D eigenvalue weighted by atomic mass is 9.84. The topological polar surface area (TPSA) is 60.2 Å². The molecule has 1 heterocycles. The van der Waals surface area contributed by atoms with Crippen LogP contribution in [0.5, 0.6) is 0 Å². The minimum Gasteiger partial charge on any atom is -0.330 e. The lowest BCUT2D eigenvalue weighted by molar-refractivity contribution is 0.402. The quantitative estimate of drug-likeness (QED) is 0.910. The highest BCUT2D eigenvalue weighted by atomic mass is 32.2. The van der Waals surface area contributed by atoms with E-state index in [1.54, 1.807) is 18.2 Å². The van der Waals surface area contributed by atoms with Crippen LogP contribution in [-0.2, 0) is 9.84 Å². The molecule has 1 aliphatic rings. The highest BCUT2D eigenvalue weighted by Gasteiger charge is 2.32. The van der Waals surface area contributed by atoms with E-state index >= 15 is 0 Å². The van der Waals surface area contributed by atoms with Crippen molar-refractivity contribution >= 4 is 9.84 Å². The summed E-state index contributed by atoms with van der Waals surface area (Å²) in [6.45, 7) is 0.279. The van der Waals surface area contributed by atoms with E-state index in [4.69, 9.17) is 5.73 Å². The Morgan fingerprint density at radius 2 is 2.11 bits per heavy atom. The van der Waals surface area contributed by atoms with Gasteiger partial charge in [-0.2, -0.15) is 0 Å². The molecule has 1 aromatic carbocycles. The Balaban J connectivity index is 2.26. The third kappa shape index (κ3) is 2.90. The number of halogens is 1. The highest BCUT2D eigenvalue weighted by molar-refractivity contribution is 7.91. The van der Waals surface area contributed by atoms with Gasteiger partial charge in [0.1, 0.15) is 5.82 Å². The molecule has 0 saturated carbocycles. The summed E-state index contributed by atoms with van der Waals surface area (Å²) in [5.41, 5.74) is 6.28. The minimum absolute atomic E-state index is 0.0642. The summed E-state index contributed by atoms with van der Waals surface area (Å²) in [6, 6.07) is 6.49. The minimum atomic E-state index is -2.99. The second-order valence-electron chi connectivity index (χ2n) is 4.88. The molecule has 1 saturated heterocycles. The maximum Gasteiger partial charge on any atom is 0.150 e. The molecule has 0 aromatic heterocycles. The van der Waals surface area contributed by atoms with Gasteiger partial charge in [-0.25, -0.2) is 12.8 Å². The molecule has 3 nitrogen and oxygen atoms in total. The monoisotopic (exact) mass is 271 g/mol. The predicted molar refractivity (Wildman–Crippen MR) is 69.6 cm³/mol. The van der Waals surface area contributed by atoms with Gasteiger partial charge in [0.25, 0.3) is 0 Å². The Kier molecular flexibility index (Phi) is 4.02. The van der Waals surface area contributed by atoms with Gasteiger partial charge < -0.3 is 5.73 Å². The average molecular weight is 271 g/mol. The van der Waals surface area contributed by atoms with Gasteiger partial charge in [-0.3, -0.25) is 0 Å². The fourth-order valence-electron chi connectivity index (χ4n) is 2.72. The van der Waals surface area contributed by atoms with Gasteiger partial charge in [0, 0.05) is 5.92 Å². The Morgan fingerprint density at radius 3 is 2.72 bits per heavy atom. The van der Waals surface area contributed by atoms with E-state index in [2.05, 4.69) is 0 Å². The SMILES string of the molecule is NCC(c1ccccc1F)C1CCCS(=O)(=O)C1. The van der Waals surface area contributed by atoms with Crippen molar-refractivity contribution in [1.82, 2.24) is 0 Å². The van der Waals surface area contributed by atoms with Crippen LogP contribution < -0.4 is 5.73 Å². The molecule has 100 valence electrons.